The molecule has 2 aromatic carbocycles. The maximum atomic E-state index is 13.9. The number of aliphatic hydroxyl groups excluding tert-OH is 1. The van der Waals surface area contributed by atoms with Crippen molar-refractivity contribution in [2.24, 2.45) is 5.92 Å². The first-order valence-corrected chi connectivity index (χ1v) is 14.5. The minimum Gasteiger partial charge on any atom is -0.396 e. The molecule has 0 radical (unpaired) electrons. The van der Waals surface area contributed by atoms with E-state index >= 15 is 0 Å². The summed E-state index contributed by atoms with van der Waals surface area (Å²) in [6.07, 6.45) is 9.19. The first-order valence-electron chi connectivity index (χ1n) is 13.7. The normalized spacial score (nSPS) is 20.0. The van der Waals surface area contributed by atoms with Gasteiger partial charge in [0.1, 0.15) is 0 Å². The molecular weight excluding hydrogens is 574 g/mol. The summed E-state index contributed by atoms with van der Waals surface area (Å²) < 4.78 is 2.50. The van der Waals surface area contributed by atoms with Crippen molar-refractivity contribution in [1.82, 2.24) is 15.0 Å². The quantitative estimate of drug-likeness (QED) is 0.335. The van der Waals surface area contributed by atoms with Gasteiger partial charge in [-0.25, -0.2) is 0 Å². The summed E-state index contributed by atoms with van der Waals surface area (Å²) >= 11 is 3.51. The number of fused-ring (bicyclic) bond motifs is 1. The van der Waals surface area contributed by atoms with Gasteiger partial charge in [-0.3, -0.25) is 14.3 Å². The number of benzene rings is 2. The minimum absolute atomic E-state index is 0.0287. The number of aryl methyl sites for hydroxylation is 1. The number of hydrogen-bond acceptors (Lipinski definition) is 6. The zero-order chi connectivity index (χ0) is 28.3. The van der Waals surface area contributed by atoms with Crippen LogP contribution in [0.1, 0.15) is 49.4 Å². The second-order valence-electron chi connectivity index (χ2n) is 10.4. The van der Waals surface area contributed by atoms with E-state index in [4.69, 9.17) is 5.11 Å². The SMILES string of the molecule is C[C@H](/C=C/CCn1cc(CCO)nn1)[C@@]1(O)C(=O)N(Cc2cccc(N3CCCCC3=O)c2)c2ccc(Br)cc21. The van der Waals surface area contributed by atoms with E-state index in [1.54, 1.807) is 9.58 Å². The minimum atomic E-state index is -1.72. The van der Waals surface area contributed by atoms with Crippen LogP contribution in [0.3, 0.4) is 0 Å². The summed E-state index contributed by atoms with van der Waals surface area (Å²) in [7, 11) is 0. The van der Waals surface area contributed by atoms with Crippen LogP contribution < -0.4 is 9.80 Å². The van der Waals surface area contributed by atoms with Crippen LogP contribution in [0, 0.1) is 5.92 Å². The van der Waals surface area contributed by atoms with Crippen LogP contribution >= 0.6 is 15.9 Å². The number of anilines is 2. The number of aliphatic hydroxyl groups is 2. The van der Waals surface area contributed by atoms with Crippen molar-refractivity contribution < 1.29 is 19.8 Å². The Morgan fingerprint density at radius 1 is 1.18 bits per heavy atom. The highest BCUT2D eigenvalue weighted by atomic mass is 79.9. The number of hydrogen-bond donors (Lipinski definition) is 2. The molecule has 0 aliphatic carbocycles. The molecule has 10 heteroatoms. The molecule has 2 atom stereocenters. The van der Waals surface area contributed by atoms with Crippen molar-refractivity contribution in [2.45, 2.75) is 57.7 Å². The summed E-state index contributed by atoms with van der Waals surface area (Å²) in [6, 6.07) is 13.3. The average Bonchev–Trinajstić information content (AvgIpc) is 3.48. The van der Waals surface area contributed by atoms with Crippen molar-refractivity contribution in [3.05, 3.63) is 82.1 Å². The predicted molar refractivity (Wildman–Crippen MR) is 156 cm³/mol. The maximum Gasteiger partial charge on any atom is 0.264 e. The number of amides is 2. The van der Waals surface area contributed by atoms with Gasteiger partial charge < -0.3 is 20.0 Å². The molecule has 2 N–H and O–H groups in total. The standard InChI is InChI=1S/C30H34BrN5O4/c1-21(7-2-4-14-34-20-24(13-16-37)32-33-34)30(40)26-18-23(31)11-12-27(26)36(29(30)39)19-22-8-6-9-25(17-22)35-15-5-3-10-28(35)38/h2,6-9,11-12,17-18,20-21,37,40H,3-5,10,13-16,19H2,1H3/b7-2+/t21-,30+/m1/s1. The lowest BCUT2D eigenvalue weighted by molar-refractivity contribution is -0.139. The Morgan fingerprint density at radius 2 is 2.02 bits per heavy atom. The fourth-order valence-electron chi connectivity index (χ4n) is 5.48. The topological polar surface area (TPSA) is 112 Å². The van der Waals surface area contributed by atoms with E-state index in [0.717, 1.165) is 34.3 Å². The van der Waals surface area contributed by atoms with E-state index in [9.17, 15) is 14.7 Å². The largest absolute Gasteiger partial charge is 0.396 e. The van der Waals surface area contributed by atoms with Gasteiger partial charge >= 0.3 is 0 Å². The zero-order valence-corrected chi connectivity index (χ0v) is 24.1. The first-order chi connectivity index (χ1) is 19.3. The number of carbonyl (C=O) groups excluding carboxylic acids is 2. The number of rotatable bonds is 10. The molecule has 3 aromatic rings. The molecule has 0 bridgehead atoms. The van der Waals surface area contributed by atoms with Gasteiger partial charge in [-0.15, -0.1) is 5.10 Å². The van der Waals surface area contributed by atoms with E-state index in [-0.39, 0.29) is 25.0 Å². The van der Waals surface area contributed by atoms with Crippen molar-refractivity contribution in [3.8, 4) is 0 Å². The predicted octanol–water partition coefficient (Wildman–Crippen LogP) is 4.11. The smallest absolute Gasteiger partial charge is 0.264 e. The fraction of sp³-hybridized carbons (Fsp3) is 0.400. The van der Waals surface area contributed by atoms with E-state index in [0.29, 0.717) is 43.6 Å². The monoisotopic (exact) mass is 607 g/mol. The van der Waals surface area contributed by atoms with E-state index in [2.05, 4.69) is 26.2 Å². The third-order valence-corrected chi connectivity index (χ3v) is 8.17. The Labute approximate surface area is 242 Å². The Hall–Kier alpha value is -3.34. The molecule has 210 valence electrons. The lowest BCUT2D eigenvalue weighted by Gasteiger charge is -2.28. The Bertz CT molecular complexity index is 1420. The van der Waals surface area contributed by atoms with Crippen LogP contribution in [0.4, 0.5) is 11.4 Å². The van der Waals surface area contributed by atoms with Crippen molar-refractivity contribution in [2.75, 3.05) is 23.0 Å². The highest BCUT2D eigenvalue weighted by Gasteiger charge is 2.52. The Morgan fingerprint density at radius 3 is 2.83 bits per heavy atom. The second-order valence-corrected chi connectivity index (χ2v) is 11.4. The van der Waals surface area contributed by atoms with Crippen LogP contribution in [0.2, 0.25) is 0 Å². The molecular formula is C30H34BrN5O4. The molecule has 0 unspecified atom stereocenters. The second kappa shape index (κ2) is 12.0. The van der Waals surface area contributed by atoms with E-state index < -0.39 is 11.5 Å². The van der Waals surface area contributed by atoms with Gasteiger partial charge in [0.25, 0.3) is 5.91 Å². The van der Waals surface area contributed by atoms with E-state index in [1.807, 2.05) is 72.6 Å². The molecule has 1 fully saturated rings. The molecule has 1 saturated heterocycles. The third kappa shape index (κ3) is 5.61. The summed E-state index contributed by atoms with van der Waals surface area (Å²) in [5, 5.41) is 29.1. The molecule has 0 saturated carbocycles. The lowest BCUT2D eigenvalue weighted by atomic mass is 9.83. The molecule has 3 heterocycles. The summed E-state index contributed by atoms with van der Waals surface area (Å²) in [6.45, 7) is 3.45. The van der Waals surface area contributed by atoms with Crippen LogP contribution in [0.15, 0.2) is 65.3 Å². The summed E-state index contributed by atoms with van der Waals surface area (Å²) in [5.41, 5.74) is 1.98. The molecule has 9 nitrogen and oxygen atoms in total. The summed E-state index contributed by atoms with van der Waals surface area (Å²) in [5.74, 6) is -0.738. The highest BCUT2D eigenvalue weighted by molar-refractivity contribution is 9.10. The van der Waals surface area contributed by atoms with E-state index in [1.165, 1.54) is 0 Å². The highest BCUT2D eigenvalue weighted by Crippen LogP contribution is 2.46. The Balaban J connectivity index is 1.34. The number of allylic oxidation sites excluding steroid dienone is 1. The molecule has 2 aliphatic heterocycles. The van der Waals surface area contributed by atoms with Gasteiger partial charge in [0, 0.05) is 60.4 Å². The molecule has 2 amide bonds. The number of halogens is 1. The van der Waals surface area contributed by atoms with Gasteiger partial charge in [-0.2, -0.15) is 0 Å². The lowest BCUT2D eigenvalue weighted by Crippen LogP contribution is -2.44. The van der Waals surface area contributed by atoms with Crippen LogP contribution in [-0.4, -0.2) is 50.2 Å². The van der Waals surface area contributed by atoms with Gasteiger partial charge in [-0.1, -0.05) is 52.4 Å². The molecule has 0 spiro atoms. The van der Waals surface area contributed by atoms with Gasteiger partial charge in [0.05, 0.1) is 17.9 Å². The average molecular weight is 609 g/mol. The third-order valence-electron chi connectivity index (χ3n) is 7.68. The molecule has 1 aromatic heterocycles. The number of carbonyl (C=O) groups is 2. The summed E-state index contributed by atoms with van der Waals surface area (Å²) in [4.78, 5) is 29.9. The number of nitrogens with zero attached hydrogens (tertiary/aromatic N) is 5. The van der Waals surface area contributed by atoms with Crippen LogP contribution in [-0.2, 0) is 34.7 Å². The zero-order valence-electron chi connectivity index (χ0n) is 22.5. The number of piperidine rings is 1. The van der Waals surface area contributed by atoms with Gasteiger partial charge in [-0.05, 0) is 55.2 Å². The Kier molecular flexibility index (Phi) is 8.48. The van der Waals surface area contributed by atoms with Crippen LogP contribution in [0.5, 0.6) is 0 Å². The number of aromatic nitrogens is 3. The van der Waals surface area contributed by atoms with Crippen LogP contribution in [0.25, 0.3) is 0 Å². The molecule has 5 rings (SSSR count). The van der Waals surface area contributed by atoms with Crippen molar-refractivity contribution in [3.63, 3.8) is 0 Å². The first kappa shape index (κ1) is 28.2. The fourth-order valence-corrected chi connectivity index (χ4v) is 5.84. The molecule has 40 heavy (non-hydrogen) atoms. The van der Waals surface area contributed by atoms with Gasteiger partial charge in [0.15, 0.2) is 5.60 Å². The van der Waals surface area contributed by atoms with Crippen molar-refractivity contribution in [1.29, 1.82) is 0 Å². The molecule has 2 aliphatic rings. The maximum absolute atomic E-state index is 13.9. The van der Waals surface area contributed by atoms with Crippen molar-refractivity contribution >= 4 is 39.1 Å². The van der Waals surface area contributed by atoms with Gasteiger partial charge in [0.2, 0.25) is 5.91 Å².